The van der Waals surface area contributed by atoms with Gasteiger partial charge in [-0.15, -0.1) is 11.6 Å². The predicted octanol–water partition coefficient (Wildman–Crippen LogP) is 2.33. The standard InChI is InChI=1S/C15H19ClN2O3/c1-18(9-14(19)20)8-13(16)10-4-6-12(7-5-10)17-15(21)11-2-3-11/h4-7,11,13H,2-3,8-9H2,1H3,(H,17,21)(H,19,20). The third-order valence-corrected chi connectivity index (χ3v) is 3.76. The smallest absolute Gasteiger partial charge is 0.317 e. The zero-order valence-corrected chi connectivity index (χ0v) is 12.6. The molecule has 0 saturated heterocycles. The summed E-state index contributed by atoms with van der Waals surface area (Å²) < 4.78 is 0. The van der Waals surface area contributed by atoms with E-state index in [0.717, 1.165) is 24.1 Å². The molecule has 0 spiro atoms. The molecule has 1 atom stereocenters. The summed E-state index contributed by atoms with van der Waals surface area (Å²) in [5.41, 5.74) is 1.66. The number of nitrogens with one attached hydrogen (secondary N) is 1. The maximum absolute atomic E-state index is 11.6. The fourth-order valence-corrected chi connectivity index (χ4v) is 2.42. The topological polar surface area (TPSA) is 69.6 Å². The molecule has 1 aliphatic rings. The van der Waals surface area contributed by atoms with Crippen LogP contribution in [0.4, 0.5) is 5.69 Å². The molecule has 0 bridgehead atoms. The Bertz CT molecular complexity index is 514. The largest absolute Gasteiger partial charge is 0.480 e. The van der Waals surface area contributed by atoms with Crippen molar-refractivity contribution in [2.24, 2.45) is 5.92 Å². The van der Waals surface area contributed by atoms with E-state index < -0.39 is 5.97 Å². The average molecular weight is 311 g/mol. The second-order valence-corrected chi connectivity index (χ2v) is 5.97. The number of benzene rings is 1. The molecule has 1 fully saturated rings. The van der Waals surface area contributed by atoms with Crippen LogP contribution in [0.5, 0.6) is 0 Å². The second kappa shape index (κ2) is 6.91. The zero-order valence-electron chi connectivity index (χ0n) is 11.9. The van der Waals surface area contributed by atoms with Crippen molar-refractivity contribution in [2.75, 3.05) is 25.5 Å². The molecule has 0 aromatic heterocycles. The molecule has 0 radical (unpaired) electrons. The van der Waals surface area contributed by atoms with Crippen LogP contribution in [0.1, 0.15) is 23.8 Å². The van der Waals surface area contributed by atoms with Gasteiger partial charge in [0, 0.05) is 18.2 Å². The third-order valence-electron chi connectivity index (χ3n) is 3.37. The molecule has 1 aliphatic carbocycles. The van der Waals surface area contributed by atoms with Crippen molar-refractivity contribution in [3.63, 3.8) is 0 Å². The van der Waals surface area contributed by atoms with Gasteiger partial charge in [0.05, 0.1) is 11.9 Å². The number of carbonyl (C=O) groups excluding carboxylic acids is 1. The SMILES string of the molecule is CN(CC(=O)O)CC(Cl)c1ccc(NC(=O)C2CC2)cc1. The number of anilines is 1. The summed E-state index contributed by atoms with van der Waals surface area (Å²) in [6.07, 6.45) is 1.95. The Morgan fingerprint density at radius 2 is 2.00 bits per heavy atom. The van der Waals surface area contributed by atoms with Crippen LogP contribution in [0.2, 0.25) is 0 Å². The monoisotopic (exact) mass is 310 g/mol. The molecule has 1 amide bonds. The van der Waals surface area contributed by atoms with Crippen molar-refractivity contribution in [1.82, 2.24) is 4.90 Å². The minimum atomic E-state index is -0.875. The van der Waals surface area contributed by atoms with Crippen molar-refractivity contribution < 1.29 is 14.7 Å². The fraction of sp³-hybridized carbons (Fsp3) is 0.467. The number of halogens is 1. The van der Waals surface area contributed by atoms with Crippen molar-refractivity contribution in [2.45, 2.75) is 18.2 Å². The minimum Gasteiger partial charge on any atom is -0.480 e. The first-order valence-electron chi connectivity index (χ1n) is 6.91. The molecule has 0 heterocycles. The van der Waals surface area contributed by atoms with E-state index in [1.807, 2.05) is 24.3 Å². The Morgan fingerprint density at radius 3 is 2.52 bits per heavy atom. The number of amides is 1. The lowest BCUT2D eigenvalue weighted by molar-refractivity contribution is -0.138. The van der Waals surface area contributed by atoms with Crippen LogP contribution in [0.3, 0.4) is 0 Å². The Kier molecular flexibility index (Phi) is 5.20. The number of carboxylic acids is 1. The van der Waals surface area contributed by atoms with Gasteiger partial charge in [0.2, 0.25) is 5.91 Å². The van der Waals surface area contributed by atoms with Gasteiger partial charge in [-0.1, -0.05) is 12.1 Å². The minimum absolute atomic E-state index is 0.0429. The van der Waals surface area contributed by atoms with Crippen LogP contribution < -0.4 is 5.32 Å². The number of carbonyl (C=O) groups is 2. The highest BCUT2D eigenvalue weighted by atomic mass is 35.5. The van der Waals surface area contributed by atoms with E-state index in [0.29, 0.717) is 6.54 Å². The molecular weight excluding hydrogens is 292 g/mol. The zero-order chi connectivity index (χ0) is 15.4. The van der Waals surface area contributed by atoms with Crippen molar-refractivity contribution in [3.05, 3.63) is 29.8 Å². The van der Waals surface area contributed by atoms with Crippen LogP contribution in [0, 0.1) is 5.92 Å². The van der Waals surface area contributed by atoms with Crippen LogP contribution in [0.25, 0.3) is 0 Å². The Hall–Kier alpha value is -1.59. The first kappa shape index (κ1) is 15.8. The number of aliphatic carboxylic acids is 1. The summed E-state index contributed by atoms with van der Waals surface area (Å²) in [7, 11) is 1.72. The van der Waals surface area contributed by atoms with Crippen LogP contribution in [-0.2, 0) is 9.59 Å². The van der Waals surface area contributed by atoms with Gasteiger partial charge in [-0.25, -0.2) is 0 Å². The highest BCUT2D eigenvalue weighted by molar-refractivity contribution is 6.21. The molecule has 2 N–H and O–H groups in total. The Labute approximate surface area is 128 Å². The number of alkyl halides is 1. The quantitative estimate of drug-likeness (QED) is 0.758. The number of carboxylic acid groups (broad SMARTS) is 1. The summed E-state index contributed by atoms with van der Waals surface area (Å²) >= 11 is 6.28. The third kappa shape index (κ3) is 5.02. The molecule has 21 heavy (non-hydrogen) atoms. The first-order valence-corrected chi connectivity index (χ1v) is 7.34. The predicted molar refractivity (Wildman–Crippen MR) is 81.5 cm³/mol. The van der Waals surface area contributed by atoms with E-state index in [9.17, 15) is 9.59 Å². The summed E-state index contributed by atoms with van der Waals surface area (Å²) in [6, 6.07) is 7.36. The van der Waals surface area contributed by atoms with Crippen LogP contribution in [0.15, 0.2) is 24.3 Å². The molecule has 2 rings (SSSR count). The van der Waals surface area contributed by atoms with E-state index in [-0.39, 0.29) is 23.7 Å². The molecule has 114 valence electrons. The maximum atomic E-state index is 11.6. The lowest BCUT2D eigenvalue weighted by Crippen LogP contribution is -2.28. The number of likely N-dealkylation sites (N-methyl/N-ethyl adjacent to an activating group) is 1. The van der Waals surface area contributed by atoms with Gasteiger partial charge in [-0.2, -0.15) is 0 Å². The lowest BCUT2D eigenvalue weighted by atomic mass is 10.1. The van der Waals surface area contributed by atoms with Crippen molar-refractivity contribution in [1.29, 1.82) is 0 Å². The van der Waals surface area contributed by atoms with E-state index in [2.05, 4.69) is 5.32 Å². The molecule has 5 nitrogen and oxygen atoms in total. The number of hydrogen-bond acceptors (Lipinski definition) is 3. The van der Waals surface area contributed by atoms with Gasteiger partial charge in [-0.3, -0.25) is 14.5 Å². The van der Waals surface area contributed by atoms with Gasteiger partial charge in [0.15, 0.2) is 0 Å². The van der Waals surface area contributed by atoms with Crippen molar-refractivity contribution in [3.8, 4) is 0 Å². The molecule has 1 saturated carbocycles. The highest BCUT2D eigenvalue weighted by Crippen LogP contribution is 2.30. The van der Waals surface area contributed by atoms with Gasteiger partial charge < -0.3 is 10.4 Å². The summed E-state index contributed by atoms with van der Waals surface area (Å²) in [5, 5.41) is 11.3. The summed E-state index contributed by atoms with van der Waals surface area (Å²) in [4.78, 5) is 23.9. The molecule has 1 aromatic rings. The Balaban J connectivity index is 1.88. The molecular formula is C15H19ClN2O3. The van der Waals surface area contributed by atoms with Crippen LogP contribution in [-0.4, -0.2) is 42.0 Å². The Morgan fingerprint density at radius 1 is 1.38 bits per heavy atom. The van der Waals surface area contributed by atoms with Crippen LogP contribution >= 0.6 is 11.6 Å². The molecule has 0 aliphatic heterocycles. The summed E-state index contributed by atoms with van der Waals surface area (Å²) in [5.74, 6) is -0.624. The molecule has 1 unspecified atom stereocenters. The molecule has 1 aromatic carbocycles. The van der Waals surface area contributed by atoms with E-state index in [1.165, 1.54) is 0 Å². The normalized spacial score (nSPS) is 15.8. The average Bonchev–Trinajstić information content (AvgIpc) is 3.22. The van der Waals surface area contributed by atoms with E-state index in [4.69, 9.17) is 16.7 Å². The van der Waals surface area contributed by atoms with Gasteiger partial charge in [0.1, 0.15) is 0 Å². The molecule has 6 heteroatoms. The number of nitrogens with zero attached hydrogens (tertiary/aromatic N) is 1. The maximum Gasteiger partial charge on any atom is 0.317 e. The van der Waals surface area contributed by atoms with Gasteiger partial charge in [-0.05, 0) is 37.6 Å². The lowest BCUT2D eigenvalue weighted by Gasteiger charge is -2.18. The first-order chi connectivity index (χ1) is 9.95. The van der Waals surface area contributed by atoms with Gasteiger partial charge in [0.25, 0.3) is 0 Å². The van der Waals surface area contributed by atoms with Crippen molar-refractivity contribution >= 4 is 29.2 Å². The van der Waals surface area contributed by atoms with Gasteiger partial charge >= 0.3 is 5.97 Å². The number of rotatable bonds is 7. The van der Waals surface area contributed by atoms with E-state index >= 15 is 0 Å². The summed E-state index contributed by atoms with van der Waals surface area (Å²) in [6.45, 7) is 0.403. The fourth-order valence-electron chi connectivity index (χ4n) is 2.04. The number of hydrogen-bond donors (Lipinski definition) is 2. The second-order valence-electron chi connectivity index (χ2n) is 5.44. The van der Waals surface area contributed by atoms with E-state index in [1.54, 1.807) is 11.9 Å². The highest BCUT2D eigenvalue weighted by Gasteiger charge is 2.29.